The maximum Gasteiger partial charge on any atom is 0.255 e. The van der Waals surface area contributed by atoms with Crippen molar-refractivity contribution >= 4 is 33.0 Å². The maximum absolute atomic E-state index is 12.4. The number of rotatable bonds is 5. The van der Waals surface area contributed by atoms with Gasteiger partial charge in [-0.3, -0.25) is 9.59 Å². The van der Waals surface area contributed by atoms with E-state index in [1.807, 2.05) is 0 Å². The van der Waals surface area contributed by atoms with E-state index < -0.39 is 15.7 Å². The molecule has 2 N–H and O–H groups in total. The van der Waals surface area contributed by atoms with E-state index >= 15 is 0 Å². The number of carbonyl (C=O) groups excluding carboxylic acids is 2. The number of hydrogen-bond donors (Lipinski definition) is 2. The van der Waals surface area contributed by atoms with Gasteiger partial charge < -0.3 is 15.4 Å². The van der Waals surface area contributed by atoms with E-state index in [4.69, 9.17) is 4.74 Å². The zero-order valence-corrected chi connectivity index (χ0v) is 14.8. The third kappa shape index (κ3) is 4.80. The number of ether oxygens (including phenoxy) is 1. The fourth-order valence-electron chi connectivity index (χ4n) is 2.14. The topological polar surface area (TPSA) is 102 Å². The Morgan fingerprint density at radius 3 is 2.36 bits per heavy atom. The summed E-state index contributed by atoms with van der Waals surface area (Å²) in [5, 5.41) is 5.27. The second-order valence-electron chi connectivity index (χ2n) is 5.35. The van der Waals surface area contributed by atoms with Crippen LogP contribution in [0.3, 0.4) is 0 Å². The van der Waals surface area contributed by atoms with Gasteiger partial charge in [0.15, 0.2) is 9.84 Å². The maximum atomic E-state index is 12.4. The molecule has 25 heavy (non-hydrogen) atoms. The summed E-state index contributed by atoms with van der Waals surface area (Å²) >= 11 is 0. The van der Waals surface area contributed by atoms with E-state index in [1.165, 1.54) is 38.3 Å². The Morgan fingerprint density at radius 2 is 1.76 bits per heavy atom. The predicted molar refractivity (Wildman–Crippen MR) is 94.8 cm³/mol. The van der Waals surface area contributed by atoms with Gasteiger partial charge in [0.25, 0.3) is 5.91 Å². The summed E-state index contributed by atoms with van der Waals surface area (Å²) in [4.78, 5) is 23.7. The molecule has 0 fully saturated rings. The standard InChI is InChI=1S/C17H18N2O5S/c1-11(20)18-15-10-13(7-8-16(15)24-2)19-17(21)12-5-4-6-14(9-12)25(3,22)23/h4-10H,1-3H3,(H,18,20)(H,19,21). The smallest absolute Gasteiger partial charge is 0.255 e. The summed E-state index contributed by atoms with van der Waals surface area (Å²) in [7, 11) is -1.94. The molecular weight excluding hydrogens is 344 g/mol. The number of carbonyl (C=O) groups is 2. The molecule has 0 aliphatic rings. The van der Waals surface area contributed by atoms with E-state index in [9.17, 15) is 18.0 Å². The molecule has 0 radical (unpaired) electrons. The number of benzene rings is 2. The lowest BCUT2D eigenvalue weighted by molar-refractivity contribution is -0.114. The van der Waals surface area contributed by atoms with E-state index in [1.54, 1.807) is 18.2 Å². The van der Waals surface area contributed by atoms with Gasteiger partial charge >= 0.3 is 0 Å². The lowest BCUT2D eigenvalue weighted by Gasteiger charge is -2.12. The van der Waals surface area contributed by atoms with Crippen molar-refractivity contribution in [3.63, 3.8) is 0 Å². The Balaban J connectivity index is 2.27. The summed E-state index contributed by atoms with van der Waals surface area (Å²) in [5.74, 6) is -0.292. The van der Waals surface area contributed by atoms with Gasteiger partial charge in [0, 0.05) is 24.4 Å². The number of amides is 2. The molecule has 0 heterocycles. The molecule has 0 aliphatic carbocycles. The summed E-state index contributed by atoms with van der Waals surface area (Å²) in [6, 6.07) is 10.5. The fourth-order valence-corrected chi connectivity index (χ4v) is 2.81. The average molecular weight is 362 g/mol. The van der Waals surface area contributed by atoms with E-state index in [2.05, 4.69) is 10.6 Å². The van der Waals surface area contributed by atoms with Crippen LogP contribution in [0.25, 0.3) is 0 Å². The van der Waals surface area contributed by atoms with Gasteiger partial charge in [0.1, 0.15) is 5.75 Å². The molecule has 2 aromatic carbocycles. The van der Waals surface area contributed by atoms with Crippen molar-refractivity contribution in [3.05, 3.63) is 48.0 Å². The van der Waals surface area contributed by atoms with Gasteiger partial charge in [-0.25, -0.2) is 8.42 Å². The van der Waals surface area contributed by atoms with Crippen LogP contribution in [-0.2, 0) is 14.6 Å². The number of hydrogen-bond acceptors (Lipinski definition) is 5. The molecule has 0 bridgehead atoms. The van der Waals surface area contributed by atoms with Gasteiger partial charge in [-0.1, -0.05) is 6.07 Å². The summed E-state index contributed by atoms with van der Waals surface area (Å²) in [6.07, 6.45) is 1.08. The molecule has 2 aromatic rings. The van der Waals surface area contributed by atoms with Crippen LogP contribution < -0.4 is 15.4 Å². The molecule has 2 amide bonds. The molecule has 0 unspecified atom stereocenters. The van der Waals surface area contributed by atoms with Crippen LogP contribution in [-0.4, -0.2) is 33.6 Å². The fraction of sp³-hybridized carbons (Fsp3) is 0.176. The molecule has 7 nitrogen and oxygen atoms in total. The van der Waals surface area contributed by atoms with Crippen LogP contribution >= 0.6 is 0 Å². The van der Waals surface area contributed by atoms with Gasteiger partial charge in [-0.05, 0) is 36.4 Å². The molecule has 0 atom stereocenters. The van der Waals surface area contributed by atoms with Crippen LogP contribution in [0.4, 0.5) is 11.4 Å². The minimum absolute atomic E-state index is 0.0637. The lowest BCUT2D eigenvalue weighted by Crippen LogP contribution is -2.13. The molecule has 0 spiro atoms. The number of nitrogens with one attached hydrogen (secondary N) is 2. The second kappa shape index (κ2) is 7.35. The van der Waals surface area contributed by atoms with Gasteiger partial charge in [-0.15, -0.1) is 0 Å². The molecule has 8 heteroatoms. The van der Waals surface area contributed by atoms with Crippen LogP contribution in [0.1, 0.15) is 17.3 Å². The third-order valence-corrected chi connectivity index (χ3v) is 4.40. The Hall–Kier alpha value is -2.87. The van der Waals surface area contributed by atoms with E-state index in [0.717, 1.165) is 6.26 Å². The van der Waals surface area contributed by atoms with Crippen molar-refractivity contribution in [2.45, 2.75) is 11.8 Å². The van der Waals surface area contributed by atoms with E-state index in [0.29, 0.717) is 17.1 Å². The Kier molecular flexibility index (Phi) is 5.43. The molecular formula is C17H18N2O5S. The first kappa shape index (κ1) is 18.5. The SMILES string of the molecule is COc1ccc(NC(=O)c2cccc(S(C)(=O)=O)c2)cc1NC(C)=O. The van der Waals surface area contributed by atoms with Crippen molar-refractivity contribution < 1.29 is 22.7 Å². The molecule has 0 aromatic heterocycles. The van der Waals surface area contributed by atoms with Crippen LogP contribution in [0.2, 0.25) is 0 Å². The van der Waals surface area contributed by atoms with Crippen LogP contribution in [0.15, 0.2) is 47.4 Å². The van der Waals surface area contributed by atoms with Crippen LogP contribution in [0.5, 0.6) is 5.75 Å². The van der Waals surface area contributed by atoms with Crippen LogP contribution in [0, 0.1) is 0 Å². The highest BCUT2D eigenvalue weighted by atomic mass is 32.2. The highest BCUT2D eigenvalue weighted by Crippen LogP contribution is 2.28. The highest BCUT2D eigenvalue weighted by molar-refractivity contribution is 7.90. The summed E-state index contributed by atoms with van der Waals surface area (Å²) < 4.78 is 28.3. The minimum Gasteiger partial charge on any atom is -0.495 e. The second-order valence-corrected chi connectivity index (χ2v) is 7.37. The molecule has 0 saturated heterocycles. The Morgan fingerprint density at radius 1 is 1.04 bits per heavy atom. The van der Waals surface area contributed by atoms with Crippen molar-refractivity contribution in [3.8, 4) is 5.75 Å². The molecule has 0 aliphatic heterocycles. The first-order valence-electron chi connectivity index (χ1n) is 7.28. The van der Waals surface area contributed by atoms with Crippen molar-refractivity contribution in [2.75, 3.05) is 24.0 Å². The molecule has 0 saturated carbocycles. The van der Waals surface area contributed by atoms with Gasteiger partial charge in [0.2, 0.25) is 5.91 Å². The quantitative estimate of drug-likeness (QED) is 0.850. The predicted octanol–water partition coefficient (Wildman–Crippen LogP) is 2.31. The zero-order chi connectivity index (χ0) is 18.6. The lowest BCUT2D eigenvalue weighted by atomic mass is 10.2. The third-order valence-electron chi connectivity index (χ3n) is 3.29. The highest BCUT2D eigenvalue weighted by Gasteiger charge is 2.13. The first-order chi connectivity index (χ1) is 11.7. The monoisotopic (exact) mass is 362 g/mol. The zero-order valence-electron chi connectivity index (χ0n) is 14.0. The number of methoxy groups -OCH3 is 1. The normalized spacial score (nSPS) is 10.8. The summed E-state index contributed by atoms with van der Waals surface area (Å²) in [5.41, 5.74) is 1.05. The number of anilines is 2. The van der Waals surface area contributed by atoms with E-state index in [-0.39, 0.29) is 16.4 Å². The summed E-state index contributed by atoms with van der Waals surface area (Å²) in [6.45, 7) is 1.36. The first-order valence-corrected chi connectivity index (χ1v) is 9.17. The average Bonchev–Trinajstić information content (AvgIpc) is 2.54. The van der Waals surface area contributed by atoms with Crippen molar-refractivity contribution in [1.82, 2.24) is 0 Å². The Bertz CT molecular complexity index is 922. The van der Waals surface area contributed by atoms with Crippen molar-refractivity contribution in [1.29, 1.82) is 0 Å². The molecule has 2 rings (SSSR count). The Labute approximate surface area is 145 Å². The minimum atomic E-state index is -3.40. The number of sulfone groups is 1. The molecule has 132 valence electrons. The van der Waals surface area contributed by atoms with Gasteiger partial charge in [0.05, 0.1) is 17.7 Å². The largest absolute Gasteiger partial charge is 0.495 e. The van der Waals surface area contributed by atoms with Gasteiger partial charge in [-0.2, -0.15) is 0 Å². The van der Waals surface area contributed by atoms with Crippen molar-refractivity contribution in [2.24, 2.45) is 0 Å².